The molecule has 0 spiro atoms. The molecular weight excluding hydrogens is 308 g/mol. The van der Waals surface area contributed by atoms with Crippen LogP contribution in [0.4, 0.5) is 5.69 Å². The molecule has 1 N–H and O–H groups in total. The van der Waals surface area contributed by atoms with Crippen LogP contribution >= 0.6 is 0 Å². The highest BCUT2D eigenvalue weighted by atomic mass is 16.6. The van der Waals surface area contributed by atoms with Crippen LogP contribution in [0.25, 0.3) is 0 Å². The number of hydrogen-bond donors (Lipinski definition) is 1. The number of aliphatic carboxylic acids is 1. The van der Waals surface area contributed by atoms with Gasteiger partial charge in [0.05, 0.1) is 24.7 Å². The van der Waals surface area contributed by atoms with Gasteiger partial charge in [0.15, 0.2) is 11.5 Å². The average molecular weight is 326 g/mol. The van der Waals surface area contributed by atoms with Gasteiger partial charge in [-0.05, 0) is 13.8 Å². The van der Waals surface area contributed by atoms with E-state index in [1.165, 1.54) is 13.2 Å². The Bertz CT molecular complexity index is 615. The van der Waals surface area contributed by atoms with Crippen molar-refractivity contribution in [3.05, 3.63) is 27.8 Å². The van der Waals surface area contributed by atoms with Crippen molar-refractivity contribution in [2.45, 2.75) is 13.8 Å². The molecule has 0 aliphatic carbocycles. The van der Waals surface area contributed by atoms with Gasteiger partial charge >= 0.3 is 5.97 Å². The second-order valence-corrected chi connectivity index (χ2v) is 4.42. The van der Waals surface area contributed by atoms with E-state index in [0.717, 1.165) is 11.0 Å². The lowest BCUT2D eigenvalue weighted by atomic mass is 10.1. The van der Waals surface area contributed by atoms with Crippen molar-refractivity contribution >= 4 is 17.6 Å². The Labute approximate surface area is 132 Å². The number of likely N-dealkylation sites (N-methyl/N-ethyl adjacent to an activating group) is 1. The molecule has 1 aromatic carbocycles. The Hall–Kier alpha value is -2.84. The normalized spacial score (nSPS) is 10.0. The van der Waals surface area contributed by atoms with Gasteiger partial charge in [-0.3, -0.25) is 19.7 Å². The number of carbonyl (C=O) groups excluding carboxylic acids is 1. The second kappa shape index (κ2) is 7.97. The predicted molar refractivity (Wildman–Crippen MR) is 80.0 cm³/mol. The molecule has 0 atom stereocenters. The van der Waals surface area contributed by atoms with E-state index < -0.39 is 29.0 Å². The highest BCUT2D eigenvalue weighted by Crippen LogP contribution is 2.35. The number of amides is 1. The summed E-state index contributed by atoms with van der Waals surface area (Å²) in [7, 11) is 1.34. The Balaban J connectivity index is 3.40. The maximum absolute atomic E-state index is 12.4. The Kier molecular flexibility index (Phi) is 6.31. The maximum Gasteiger partial charge on any atom is 0.323 e. The fourth-order valence-corrected chi connectivity index (χ4v) is 1.96. The van der Waals surface area contributed by atoms with Gasteiger partial charge in [-0.1, -0.05) is 0 Å². The number of ether oxygens (including phenoxy) is 2. The molecule has 0 unspecified atom stereocenters. The van der Waals surface area contributed by atoms with Crippen molar-refractivity contribution in [2.24, 2.45) is 0 Å². The summed E-state index contributed by atoms with van der Waals surface area (Å²) in [4.78, 5) is 34.8. The molecule has 0 aliphatic heterocycles. The minimum Gasteiger partial charge on any atom is -0.493 e. The number of carboxylic acids is 1. The molecule has 1 rings (SSSR count). The van der Waals surface area contributed by atoms with E-state index in [9.17, 15) is 19.7 Å². The summed E-state index contributed by atoms with van der Waals surface area (Å²) in [6.45, 7) is 3.09. The third-order valence-electron chi connectivity index (χ3n) is 3.00. The van der Waals surface area contributed by atoms with Crippen LogP contribution in [0.1, 0.15) is 24.2 Å². The van der Waals surface area contributed by atoms with Crippen LogP contribution in [-0.4, -0.2) is 53.6 Å². The highest BCUT2D eigenvalue weighted by molar-refractivity contribution is 6.00. The van der Waals surface area contributed by atoms with Crippen LogP contribution in [-0.2, 0) is 4.79 Å². The van der Waals surface area contributed by atoms with Gasteiger partial charge in [0, 0.05) is 12.6 Å². The minimum absolute atomic E-state index is 0.0951. The number of nitrogens with zero attached hydrogens (tertiary/aromatic N) is 2. The largest absolute Gasteiger partial charge is 0.493 e. The molecule has 0 saturated heterocycles. The van der Waals surface area contributed by atoms with Crippen molar-refractivity contribution in [3.8, 4) is 11.5 Å². The van der Waals surface area contributed by atoms with Crippen LogP contribution in [0.3, 0.4) is 0 Å². The van der Waals surface area contributed by atoms with Crippen LogP contribution in [0.15, 0.2) is 12.1 Å². The fraction of sp³-hybridized carbons (Fsp3) is 0.429. The number of hydrogen-bond acceptors (Lipinski definition) is 6. The molecule has 1 amide bonds. The van der Waals surface area contributed by atoms with Crippen LogP contribution < -0.4 is 9.47 Å². The Morgan fingerprint density at radius 3 is 2.39 bits per heavy atom. The highest BCUT2D eigenvalue weighted by Gasteiger charge is 2.28. The van der Waals surface area contributed by atoms with Gasteiger partial charge in [0.1, 0.15) is 12.1 Å². The SMILES string of the molecule is CCOc1cc([N+](=O)[O-])c(C(=O)N(CC)CC(=O)O)cc1OC. The summed E-state index contributed by atoms with van der Waals surface area (Å²) in [5.41, 5.74) is -0.721. The summed E-state index contributed by atoms with van der Waals surface area (Å²) in [6.07, 6.45) is 0. The Morgan fingerprint density at radius 2 is 1.96 bits per heavy atom. The smallest absolute Gasteiger partial charge is 0.323 e. The summed E-state index contributed by atoms with van der Waals surface area (Å²) in [5.74, 6) is -1.67. The molecule has 0 aliphatic rings. The number of nitro groups is 1. The third-order valence-corrected chi connectivity index (χ3v) is 3.00. The van der Waals surface area contributed by atoms with Crippen LogP contribution in [0, 0.1) is 10.1 Å². The fourth-order valence-electron chi connectivity index (χ4n) is 1.96. The molecule has 23 heavy (non-hydrogen) atoms. The van der Waals surface area contributed by atoms with Gasteiger partial charge in [-0.25, -0.2) is 0 Å². The third kappa shape index (κ3) is 4.31. The van der Waals surface area contributed by atoms with Crippen molar-refractivity contribution < 1.29 is 29.1 Å². The summed E-state index contributed by atoms with van der Waals surface area (Å²) in [6, 6.07) is 2.29. The molecule has 0 aromatic heterocycles. The lowest BCUT2D eigenvalue weighted by molar-refractivity contribution is -0.385. The number of rotatable bonds is 8. The molecule has 0 bridgehead atoms. The van der Waals surface area contributed by atoms with Gasteiger partial charge in [0.25, 0.3) is 11.6 Å². The molecule has 0 heterocycles. The van der Waals surface area contributed by atoms with Crippen molar-refractivity contribution in [1.82, 2.24) is 4.90 Å². The van der Waals surface area contributed by atoms with Gasteiger partial charge in [-0.2, -0.15) is 0 Å². The molecule has 126 valence electrons. The molecular formula is C14H18N2O7. The number of carboxylic acid groups (broad SMARTS) is 1. The zero-order chi connectivity index (χ0) is 17.6. The minimum atomic E-state index is -1.21. The lowest BCUT2D eigenvalue weighted by Gasteiger charge is -2.19. The number of carbonyl (C=O) groups is 2. The van der Waals surface area contributed by atoms with E-state index in [4.69, 9.17) is 14.6 Å². The van der Waals surface area contributed by atoms with E-state index >= 15 is 0 Å². The van der Waals surface area contributed by atoms with E-state index in [1.54, 1.807) is 13.8 Å². The summed E-state index contributed by atoms with van der Waals surface area (Å²) < 4.78 is 10.3. The van der Waals surface area contributed by atoms with E-state index in [-0.39, 0.29) is 30.2 Å². The van der Waals surface area contributed by atoms with E-state index in [2.05, 4.69) is 0 Å². The first-order valence-electron chi connectivity index (χ1n) is 6.85. The van der Waals surface area contributed by atoms with Crippen LogP contribution in [0.5, 0.6) is 11.5 Å². The van der Waals surface area contributed by atoms with Gasteiger partial charge in [-0.15, -0.1) is 0 Å². The standard InChI is InChI=1S/C14H18N2O7/c1-4-15(8-13(17)18)14(19)9-6-11(22-3)12(23-5-2)7-10(9)16(20)21/h6-7H,4-5,8H2,1-3H3,(H,17,18). The molecule has 1 aromatic rings. The first-order chi connectivity index (χ1) is 10.8. The first-order valence-corrected chi connectivity index (χ1v) is 6.85. The molecule has 9 heteroatoms. The monoisotopic (exact) mass is 326 g/mol. The van der Waals surface area contributed by atoms with Crippen molar-refractivity contribution in [3.63, 3.8) is 0 Å². The first kappa shape index (κ1) is 18.2. The molecule has 0 fully saturated rings. The summed E-state index contributed by atoms with van der Waals surface area (Å²) >= 11 is 0. The predicted octanol–water partition coefficient (Wildman–Crippen LogP) is 1.55. The molecule has 0 saturated carbocycles. The van der Waals surface area contributed by atoms with Crippen molar-refractivity contribution in [1.29, 1.82) is 0 Å². The van der Waals surface area contributed by atoms with Crippen molar-refractivity contribution in [2.75, 3.05) is 26.8 Å². The van der Waals surface area contributed by atoms with Crippen LogP contribution in [0.2, 0.25) is 0 Å². The second-order valence-electron chi connectivity index (χ2n) is 4.42. The molecule has 9 nitrogen and oxygen atoms in total. The quantitative estimate of drug-likeness (QED) is 0.568. The van der Waals surface area contributed by atoms with Gasteiger partial charge < -0.3 is 19.5 Å². The van der Waals surface area contributed by atoms with E-state index in [1.807, 2.05) is 0 Å². The average Bonchev–Trinajstić information content (AvgIpc) is 2.51. The number of methoxy groups -OCH3 is 1. The van der Waals surface area contributed by atoms with Gasteiger partial charge in [0.2, 0.25) is 0 Å². The topological polar surface area (TPSA) is 119 Å². The lowest BCUT2D eigenvalue weighted by Crippen LogP contribution is -2.35. The molecule has 0 radical (unpaired) electrons. The summed E-state index contributed by atoms with van der Waals surface area (Å²) in [5, 5.41) is 20.1. The zero-order valence-corrected chi connectivity index (χ0v) is 13.1. The Morgan fingerprint density at radius 1 is 1.30 bits per heavy atom. The maximum atomic E-state index is 12.4. The number of nitro benzene ring substituents is 1. The number of benzene rings is 1. The zero-order valence-electron chi connectivity index (χ0n) is 13.1. The van der Waals surface area contributed by atoms with E-state index in [0.29, 0.717) is 0 Å².